The van der Waals surface area contributed by atoms with Gasteiger partial charge in [0.15, 0.2) is 0 Å². The van der Waals surface area contributed by atoms with Gasteiger partial charge in [-0.1, -0.05) is 0 Å². The fraction of sp³-hybridized carbons (Fsp3) is 0.667. The van der Waals surface area contributed by atoms with Gasteiger partial charge in [-0.15, -0.1) is 5.10 Å². The van der Waals surface area contributed by atoms with E-state index < -0.39 is 0 Å². The number of rotatable bonds is 2. The second-order valence-corrected chi connectivity index (χ2v) is 3.82. The maximum atomic E-state index is 11.6. The fourth-order valence-electron chi connectivity index (χ4n) is 1.76. The molecule has 1 aliphatic heterocycles. The molecule has 0 amide bonds. The molecular formula is C9H11N3O. The highest BCUT2D eigenvalue weighted by atomic mass is 16.1. The topological polar surface area (TPSA) is 47.8 Å². The number of aryl methyl sites for hydroxylation is 2. The van der Waals surface area contributed by atoms with Crippen molar-refractivity contribution < 1.29 is 4.79 Å². The molecule has 1 aliphatic carbocycles. The van der Waals surface area contributed by atoms with Crippen molar-refractivity contribution in [2.75, 3.05) is 0 Å². The zero-order chi connectivity index (χ0) is 8.84. The monoisotopic (exact) mass is 177 g/mol. The average molecular weight is 177 g/mol. The summed E-state index contributed by atoms with van der Waals surface area (Å²) in [6, 6.07) is 0. The first kappa shape index (κ1) is 7.24. The molecule has 13 heavy (non-hydrogen) atoms. The number of fused-ring (bicyclic) bond motifs is 1. The number of hydrogen-bond acceptors (Lipinski definition) is 3. The van der Waals surface area contributed by atoms with E-state index in [0.29, 0.717) is 5.82 Å². The molecule has 0 bridgehead atoms. The Balaban J connectivity index is 1.92. The Kier molecular flexibility index (Phi) is 1.34. The van der Waals surface area contributed by atoms with Gasteiger partial charge in [-0.05, 0) is 19.3 Å². The van der Waals surface area contributed by atoms with Crippen molar-refractivity contribution in [2.24, 2.45) is 5.92 Å². The van der Waals surface area contributed by atoms with Gasteiger partial charge >= 0.3 is 0 Å². The van der Waals surface area contributed by atoms with Gasteiger partial charge in [-0.3, -0.25) is 4.79 Å². The molecule has 1 aromatic rings. The zero-order valence-corrected chi connectivity index (χ0v) is 7.36. The Labute approximate surface area is 76.0 Å². The van der Waals surface area contributed by atoms with Gasteiger partial charge in [0, 0.05) is 18.9 Å². The maximum absolute atomic E-state index is 11.6. The van der Waals surface area contributed by atoms with Crippen LogP contribution in [0.5, 0.6) is 0 Å². The lowest BCUT2D eigenvalue weighted by atomic mass is 10.2. The summed E-state index contributed by atoms with van der Waals surface area (Å²) in [7, 11) is 0. The molecule has 0 unspecified atom stereocenters. The van der Waals surface area contributed by atoms with E-state index in [2.05, 4.69) is 10.1 Å². The minimum atomic E-state index is 0.155. The molecule has 2 aliphatic rings. The van der Waals surface area contributed by atoms with Crippen LogP contribution in [0, 0.1) is 5.92 Å². The summed E-state index contributed by atoms with van der Waals surface area (Å²) < 4.78 is 1.87. The number of hydrogen-bond donors (Lipinski definition) is 0. The highest BCUT2D eigenvalue weighted by Crippen LogP contribution is 2.32. The molecule has 3 rings (SSSR count). The first-order chi connectivity index (χ1) is 6.34. The Morgan fingerprint density at radius 1 is 1.46 bits per heavy atom. The van der Waals surface area contributed by atoms with Crippen LogP contribution >= 0.6 is 0 Å². The molecular weight excluding hydrogens is 166 g/mol. The molecule has 0 aromatic carbocycles. The van der Waals surface area contributed by atoms with Gasteiger partial charge in [-0.2, -0.15) is 0 Å². The summed E-state index contributed by atoms with van der Waals surface area (Å²) in [6.45, 7) is 0.931. The fourth-order valence-corrected chi connectivity index (χ4v) is 1.76. The van der Waals surface area contributed by atoms with Crippen LogP contribution in [0.3, 0.4) is 0 Å². The Morgan fingerprint density at radius 2 is 2.31 bits per heavy atom. The molecule has 4 nitrogen and oxygen atoms in total. The number of aromatic nitrogens is 3. The van der Waals surface area contributed by atoms with Crippen molar-refractivity contribution in [3.63, 3.8) is 0 Å². The molecule has 1 aromatic heterocycles. The molecule has 0 atom stereocenters. The molecule has 0 radical (unpaired) electrons. The van der Waals surface area contributed by atoms with E-state index in [1.165, 1.54) is 0 Å². The van der Waals surface area contributed by atoms with E-state index in [-0.39, 0.29) is 11.7 Å². The van der Waals surface area contributed by atoms with Gasteiger partial charge < -0.3 is 0 Å². The Hall–Kier alpha value is -1.19. The molecule has 1 fully saturated rings. The van der Waals surface area contributed by atoms with Crippen molar-refractivity contribution in [3.05, 3.63) is 11.6 Å². The van der Waals surface area contributed by atoms with Gasteiger partial charge in [0.25, 0.3) is 0 Å². The van der Waals surface area contributed by atoms with E-state index >= 15 is 0 Å². The van der Waals surface area contributed by atoms with Crippen LogP contribution in [-0.4, -0.2) is 20.5 Å². The van der Waals surface area contributed by atoms with E-state index in [4.69, 9.17) is 0 Å². The molecule has 0 saturated heterocycles. The number of carbonyl (C=O) groups is 1. The molecule has 68 valence electrons. The predicted molar refractivity (Wildman–Crippen MR) is 45.4 cm³/mol. The molecule has 0 spiro atoms. The van der Waals surface area contributed by atoms with Crippen LogP contribution in [0.15, 0.2) is 0 Å². The van der Waals surface area contributed by atoms with Gasteiger partial charge in [0.2, 0.25) is 11.6 Å². The first-order valence-corrected chi connectivity index (χ1v) is 4.82. The van der Waals surface area contributed by atoms with Crippen molar-refractivity contribution in [3.8, 4) is 0 Å². The summed E-state index contributed by atoms with van der Waals surface area (Å²) in [5.74, 6) is 1.84. The second-order valence-electron chi connectivity index (χ2n) is 3.82. The summed E-state index contributed by atoms with van der Waals surface area (Å²) in [5, 5.41) is 4.21. The van der Waals surface area contributed by atoms with E-state index in [1.807, 2.05) is 4.68 Å². The lowest BCUT2D eigenvalue weighted by molar-refractivity contribution is 0.0957. The Bertz CT molecular complexity index is 343. The molecule has 2 heterocycles. The highest BCUT2D eigenvalue weighted by Gasteiger charge is 2.33. The van der Waals surface area contributed by atoms with E-state index in [1.54, 1.807) is 0 Å². The SMILES string of the molecule is O=C(c1nc2n(n1)CCC2)C1CC1. The number of ketones is 1. The predicted octanol–water partition coefficient (Wildman–Crippen LogP) is 0.817. The minimum absolute atomic E-state index is 0.155. The van der Waals surface area contributed by atoms with E-state index in [0.717, 1.165) is 38.1 Å². The van der Waals surface area contributed by atoms with Crippen LogP contribution in [0.1, 0.15) is 35.7 Å². The van der Waals surface area contributed by atoms with Gasteiger partial charge in [0.05, 0.1) is 0 Å². The van der Waals surface area contributed by atoms with Crippen LogP contribution < -0.4 is 0 Å². The number of Topliss-reactive ketones (excluding diaryl/α,β-unsaturated/α-hetero) is 1. The molecule has 0 N–H and O–H groups in total. The largest absolute Gasteiger partial charge is 0.290 e. The summed E-state index contributed by atoms with van der Waals surface area (Å²) in [4.78, 5) is 15.8. The van der Waals surface area contributed by atoms with Crippen LogP contribution in [-0.2, 0) is 13.0 Å². The van der Waals surface area contributed by atoms with Crippen molar-refractivity contribution in [1.29, 1.82) is 0 Å². The highest BCUT2D eigenvalue weighted by molar-refractivity contribution is 5.95. The third kappa shape index (κ3) is 1.08. The summed E-state index contributed by atoms with van der Waals surface area (Å²) in [5.41, 5.74) is 0. The average Bonchev–Trinajstić information content (AvgIpc) is 2.73. The van der Waals surface area contributed by atoms with Gasteiger partial charge in [0.1, 0.15) is 5.82 Å². The molecule has 1 saturated carbocycles. The lowest BCUT2D eigenvalue weighted by Gasteiger charge is -1.90. The van der Waals surface area contributed by atoms with Gasteiger partial charge in [-0.25, -0.2) is 9.67 Å². The number of carbonyl (C=O) groups excluding carboxylic acids is 1. The zero-order valence-electron chi connectivity index (χ0n) is 7.36. The van der Waals surface area contributed by atoms with E-state index in [9.17, 15) is 4.79 Å². The van der Waals surface area contributed by atoms with Crippen molar-refractivity contribution in [2.45, 2.75) is 32.2 Å². The second kappa shape index (κ2) is 2.40. The minimum Gasteiger partial charge on any atom is -0.290 e. The summed E-state index contributed by atoms with van der Waals surface area (Å²) >= 11 is 0. The first-order valence-electron chi connectivity index (χ1n) is 4.82. The van der Waals surface area contributed by atoms with Crippen LogP contribution in [0.25, 0.3) is 0 Å². The third-order valence-electron chi connectivity index (χ3n) is 2.69. The Morgan fingerprint density at radius 3 is 3.00 bits per heavy atom. The normalized spacial score (nSPS) is 20.3. The van der Waals surface area contributed by atoms with Crippen molar-refractivity contribution in [1.82, 2.24) is 14.8 Å². The molecule has 4 heteroatoms. The van der Waals surface area contributed by atoms with Crippen molar-refractivity contribution >= 4 is 5.78 Å². The third-order valence-corrected chi connectivity index (χ3v) is 2.69. The maximum Gasteiger partial charge on any atom is 0.217 e. The quantitative estimate of drug-likeness (QED) is 0.628. The standard InChI is InChI=1S/C9H11N3O/c13-8(6-3-4-6)9-10-7-2-1-5-12(7)11-9/h6H,1-5H2. The number of nitrogens with zero attached hydrogens (tertiary/aromatic N) is 3. The van der Waals surface area contributed by atoms with Crippen LogP contribution in [0.4, 0.5) is 0 Å². The lowest BCUT2D eigenvalue weighted by Crippen LogP contribution is -2.05. The smallest absolute Gasteiger partial charge is 0.217 e. The van der Waals surface area contributed by atoms with Crippen LogP contribution in [0.2, 0.25) is 0 Å². The summed E-state index contributed by atoms with van der Waals surface area (Å²) in [6.07, 6.45) is 4.16.